The van der Waals surface area contributed by atoms with Crippen LogP contribution in [0.1, 0.15) is 30.1 Å². The van der Waals surface area contributed by atoms with Gasteiger partial charge in [-0.05, 0) is 31.0 Å². The van der Waals surface area contributed by atoms with Gasteiger partial charge < -0.3 is 4.74 Å². The van der Waals surface area contributed by atoms with Crippen LogP contribution in [-0.4, -0.2) is 25.5 Å². The van der Waals surface area contributed by atoms with Crippen molar-refractivity contribution in [3.63, 3.8) is 0 Å². The molecule has 116 valence electrons. The standard InChI is InChI=1S/C15H17N3O3S/c1-21-14-4-2-3-5-15(14)22(19,20)18-9-12-8-13(11-6-7-11)17-10-16-12/h2-5,8,10-11,18H,6-7,9H2,1H3. The van der Waals surface area contributed by atoms with Crippen LogP contribution in [0.25, 0.3) is 0 Å². The molecular formula is C15H17N3O3S. The molecule has 0 bridgehead atoms. The van der Waals surface area contributed by atoms with E-state index in [1.807, 2.05) is 6.07 Å². The van der Waals surface area contributed by atoms with Crippen molar-refractivity contribution in [2.75, 3.05) is 7.11 Å². The number of para-hydroxylation sites is 1. The first-order valence-electron chi connectivity index (χ1n) is 7.03. The third-order valence-electron chi connectivity index (χ3n) is 3.54. The normalized spacial score (nSPS) is 14.8. The van der Waals surface area contributed by atoms with Gasteiger partial charge in [0.15, 0.2) is 0 Å². The summed E-state index contributed by atoms with van der Waals surface area (Å²) >= 11 is 0. The molecule has 1 aromatic carbocycles. The summed E-state index contributed by atoms with van der Waals surface area (Å²) in [6, 6.07) is 8.38. The van der Waals surface area contributed by atoms with Gasteiger partial charge >= 0.3 is 0 Å². The SMILES string of the molecule is COc1ccccc1S(=O)(=O)NCc1cc(C2CC2)ncn1. The molecule has 1 aliphatic carbocycles. The van der Waals surface area contributed by atoms with E-state index in [1.165, 1.54) is 19.5 Å². The molecule has 1 heterocycles. The minimum atomic E-state index is -3.65. The first-order chi connectivity index (χ1) is 10.6. The quantitative estimate of drug-likeness (QED) is 0.878. The lowest BCUT2D eigenvalue weighted by Crippen LogP contribution is -2.24. The molecule has 1 aromatic heterocycles. The van der Waals surface area contributed by atoms with Crippen molar-refractivity contribution in [1.82, 2.24) is 14.7 Å². The van der Waals surface area contributed by atoms with Gasteiger partial charge in [-0.15, -0.1) is 0 Å². The fourth-order valence-corrected chi connectivity index (χ4v) is 3.37. The Balaban J connectivity index is 1.76. The van der Waals surface area contributed by atoms with E-state index < -0.39 is 10.0 Å². The Labute approximate surface area is 129 Å². The zero-order valence-corrected chi connectivity index (χ0v) is 13.0. The highest BCUT2D eigenvalue weighted by Crippen LogP contribution is 2.38. The van der Waals surface area contributed by atoms with Gasteiger partial charge in [0.1, 0.15) is 17.0 Å². The summed E-state index contributed by atoms with van der Waals surface area (Å²) in [5, 5.41) is 0. The van der Waals surface area contributed by atoms with E-state index in [0.29, 0.717) is 17.4 Å². The zero-order chi connectivity index (χ0) is 15.6. The Kier molecular flexibility index (Phi) is 4.08. The first kappa shape index (κ1) is 14.9. The lowest BCUT2D eigenvalue weighted by molar-refractivity contribution is 0.402. The molecule has 2 aromatic rings. The van der Waals surface area contributed by atoms with E-state index in [2.05, 4.69) is 14.7 Å². The van der Waals surface area contributed by atoms with Gasteiger partial charge in [-0.3, -0.25) is 0 Å². The van der Waals surface area contributed by atoms with Gasteiger partial charge in [0.2, 0.25) is 10.0 Å². The van der Waals surface area contributed by atoms with Crippen LogP contribution < -0.4 is 9.46 Å². The molecule has 0 radical (unpaired) electrons. The molecule has 7 heteroatoms. The van der Waals surface area contributed by atoms with Gasteiger partial charge in [-0.1, -0.05) is 12.1 Å². The molecule has 1 N–H and O–H groups in total. The Morgan fingerprint density at radius 1 is 1.27 bits per heavy atom. The predicted molar refractivity (Wildman–Crippen MR) is 81.0 cm³/mol. The van der Waals surface area contributed by atoms with Crippen molar-refractivity contribution in [3.8, 4) is 5.75 Å². The average Bonchev–Trinajstić information content (AvgIpc) is 3.38. The van der Waals surface area contributed by atoms with Crippen LogP contribution in [0.15, 0.2) is 41.6 Å². The topological polar surface area (TPSA) is 81.2 Å². The van der Waals surface area contributed by atoms with Crippen LogP contribution in [0.5, 0.6) is 5.75 Å². The van der Waals surface area contributed by atoms with Crippen LogP contribution in [0.2, 0.25) is 0 Å². The van der Waals surface area contributed by atoms with Crippen molar-refractivity contribution in [2.24, 2.45) is 0 Å². The van der Waals surface area contributed by atoms with Gasteiger partial charge in [0.05, 0.1) is 19.3 Å². The second-order valence-electron chi connectivity index (χ2n) is 5.18. The molecule has 0 aliphatic heterocycles. The van der Waals surface area contributed by atoms with Crippen LogP contribution in [-0.2, 0) is 16.6 Å². The smallest absolute Gasteiger partial charge is 0.244 e. The van der Waals surface area contributed by atoms with E-state index in [9.17, 15) is 8.42 Å². The number of hydrogen-bond donors (Lipinski definition) is 1. The maximum Gasteiger partial charge on any atom is 0.244 e. The van der Waals surface area contributed by atoms with Gasteiger partial charge in [0, 0.05) is 11.6 Å². The van der Waals surface area contributed by atoms with E-state index in [1.54, 1.807) is 18.2 Å². The van der Waals surface area contributed by atoms with E-state index >= 15 is 0 Å². The van der Waals surface area contributed by atoms with Crippen LogP contribution in [0.3, 0.4) is 0 Å². The van der Waals surface area contributed by atoms with Crippen molar-refractivity contribution in [1.29, 1.82) is 0 Å². The molecule has 0 spiro atoms. The van der Waals surface area contributed by atoms with Gasteiger partial charge in [-0.2, -0.15) is 0 Å². The summed E-state index contributed by atoms with van der Waals surface area (Å²) in [7, 11) is -2.21. The largest absolute Gasteiger partial charge is 0.495 e. The van der Waals surface area contributed by atoms with Crippen molar-refractivity contribution in [3.05, 3.63) is 48.0 Å². The number of ether oxygens (including phenoxy) is 1. The number of benzene rings is 1. The van der Waals surface area contributed by atoms with Crippen molar-refractivity contribution >= 4 is 10.0 Å². The van der Waals surface area contributed by atoms with Crippen molar-refractivity contribution in [2.45, 2.75) is 30.2 Å². The fraction of sp³-hybridized carbons (Fsp3) is 0.333. The number of aromatic nitrogens is 2. The number of rotatable bonds is 6. The minimum absolute atomic E-state index is 0.119. The number of hydrogen-bond acceptors (Lipinski definition) is 5. The molecule has 1 aliphatic rings. The predicted octanol–water partition coefficient (Wildman–Crippen LogP) is 1.84. The average molecular weight is 319 g/mol. The highest BCUT2D eigenvalue weighted by atomic mass is 32.2. The molecule has 0 atom stereocenters. The van der Waals surface area contributed by atoms with Crippen molar-refractivity contribution < 1.29 is 13.2 Å². The number of nitrogens with zero attached hydrogens (tertiary/aromatic N) is 2. The highest BCUT2D eigenvalue weighted by molar-refractivity contribution is 7.89. The number of methoxy groups -OCH3 is 1. The summed E-state index contributed by atoms with van der Waals surface area (Å²) in [4.78, 5) is 8.46. The second-order valence-corrected chi connectivity index (χ2v) is 6.92. The van der Waals surface area contributed by atoms with Crippen LogP contribution in [0, 0.1) is 0 Å². The summed E-state index contributed by atoms with van der Waals surface area (Å²) in [5.74, 6) is 0.823. The van der Waals surface area contributed by atoms with Gasteiger partial charge in [-0.25, -0.2) is 23.1 Å². The lowest BCUT2D eigenvalue weighted by Gasteiger charge is -2.10. The monoisotopic (exact) mass is 319 g/mol. The molecule has 6 nitrogen and oxygen atoms in total. The Morgan fingerprint density at radius 3 is 2.77 bits per heavy atom. The maximum absolute atomic E-state index is 12.4. The molecule has 0 unspecified atom stereocenters. The molecule has 1 saturated carbocycles. The second kappa shape index (κ2) is 6.02. The maximum atomic E-state index is 12.4. The highest BCUT2D eigenvalue weighted by Gasteiger charge is 2.25. The molecule has 0 saturated heterocycles. The minimum Gasteiger partial charge on any atom is -0.495 e. The van der Waals surface area contributed by atoms with E-state index in [0.717, 1.165) is 18.5 Å². The Bertz CT molecular complexity index is 773. The Hall–Kier alpha value is -1.99. The lowest BCUT2D eigenvalue weighted by atomic mass is 10.2. The fourth-order valence-electron chi connectivity index (χ4n) is 2.20. The summed E-state index contributed by atoms with van der Waals surface area (Å²) in [6.07, 6.45) is 3.77. The first-order valence-corrected chi connectivity index (χ1v) is 8.52. The summed E-state index contributed by atoms with van der Waals surface area (Å²) in [6.45, 7) is 0.128. The molecular weight excluding hydrogens is 302 g/mol. The molecule has 0 amide bonds. The molecule has 3 rings (SSSR count). The molecule has 22 heavy (non-hydrogen) atoms. The summed E-state index contributed by atoms with van der Waals surface area (Å²) < 4.78 is 32.4. The third-order valence-corrected chi connectivity index (χ3v) is 4.98. The van der Waals surface area contributed by atoms with Crippen LogP contribution in [0.4, 0.5) is 0 Å². The Morgan fingerprint density at radius 2 is 2.05 bits per heavy atom. The van der Waals surface area contributed by atoms with E-state index in [-0.39, 0.29) is 11.4 Å². The number of sulfonamides is 1. The summed E-state index contributed by atoms with van der Waals surface area (Å²) in [5.41, 5.74) is 1.65. The van der Waals surface area contributed by atoms with Crippen LogP contribution >= 0.6 is 0 Å². The zero-order valence-electron chi connectivity index (χ0n) is 12.2. The van der Waals surface area contributed by atoms with Gasteiger partial charge in [0.25, 0.3) is 0 Å². The molecule has 1 fully saturated rings. The third kappa shape index (κ3) is 3.26. The number of nitrogens with one attached hydrogen (secondary N) is 1. The van der Waals surface area contributed by atoms with E-state index in [4.69, 9.17) is 4.74 Å².